The molecule has 4 aromatic rings. The third kappa shape index (κ3) is 3.18. The van der Waals surface area contributed by atoms with Gasteiger partial charge in [-0.3, -0.25) is 0 Å². The van der Waals surface area contributed by atoms with Gasteiger partial charge in [0.25, 0.3) is 0 Å². The van der Waals surface area contributed by atoms with Gasteiger partial charge in [-0.1, -0.05) is 30.3 Å². The van der Waals surface area contributed by atoms with Gasteiger partial charge in [0, 0.05) is 18.0 Å². The number of hydrogen-bond acceptors (Lipinski definition) is 6. The lowest BCUT2D eigenvalue weighted by atomic mass is 10.1. The standard InChI is InChI=1S/C22H21N5O2/c1-22(2,28)21-23-10-15(11-24-21)16-8-9-17-20(26-16)27-18(12-29-13-19(27)25-17)14-6-4-3-5-7-14/h3-11,18,28H,12-13H2,1-2H3/t18-/m1/s1. The van der Waals surface area contributed by atoms with E-state index in [0.29, 0.717) is 19.0 Å². The largest absolute Gasteiger partial charge is 0.382 e. The molecule has 0 unspecified atom stereocenters. The number of aliphatic hydroxyl groups is 1. The van der Waals surface area contributed by atoms with Crippen LogP contribution in [0.25, 0.3) is 22.4 Å². The summed E-state index contributed by atoms with van der Waals surface area (Å²) < 4.78 is 7.97. The van der Waals surface area contributed by atoms with Crippen LogP contribution >= 0.6 is 0 Å². The molecule has 0 fully saturated rings. The van der Waals surface area contributed by atoms with Crippen molar-refractivity contribution in [3.05, 3.63) is 72.1 Å². The molecule has 1 atom stereocenters. The summed E-state index contributed by atoms with van der Waals surface area (Å²) >= 11 is 0. The molecule has 1 aromatic carbocycles. The van der Waals surface area contributed by atoms with E-state index in [1.165, 1.54) is 0 Å². The van der Waals surface area contributed by atoms with Crippen molar-refractivity contribution in [3.63, 3.8) is 0 Å². The van der Waals surface area contributed by atoms with Crippen molar-refractivity contribution in [1.82, 2.24) is 24.5 Å². The normalized spacial score (nSPS) is 16.7. The van der Waals surface area contributed by atoms with Gasteiger partial charge >= 0.3 is 0 Å². The molecule has 0 radical (unpaired) electrons. The Hall–Kier alpha value is -3.16. The molecule has 1 aliphatic heterocycles. The maximum Gasteiger partial charge on any atom is 0.161 e. The number of ether oxygens (including phenoxy) is 1. The zero-order chi connectivity index (χ0) is 20.0. The number of imidazole rings is 1. The van der Waals surface area contributed by atoms with Gasteiger partial charge in [0.1, 0.15) is 23.5 Å². The summed E-state index contributed by atoms with van der Waals surface area (Å²) in [4.78, 5) is 18.2. The number of benzene rings is 1. The summed E-state index contributed by atoms with van der Waals surface area (Å²) in [6.45, 7) is 4.38. The monoisotopic (exact) mass is 387 g/mol. The number of rotatable bonds is 3. The number of hydrogen-bond donors (Lipinski definition) is 1. The van der Waals surface area contributed by atoms with Crippen molar-refractivity contribution in [2.75, 3.05) is 6.61 Å². The summed E-state index contributed by atoms with van der Waals surface area (Å²) in [6, 6.07) is 14.2. The topological polar surface area (TPSA) is 86.0 Å². The van der Waals surface area contributed by atoms with Crippen molar-refractivity contribution in [2.24, 2.45) is 0 Å². The molecule has 0 bridgehead atoms. The quantitative estimate of drug-likeness (QED) is 0.581. The fraction of sp³-hybridized carbons (Fsp3) is 0.273. The summed E-state index contributed by atoms with van der Waals surface area (Å²) in [6.07, 6.45) is 3.39. The Morgan fingerprint density at radius 1 is 1.03 bits per heavy atom. The minimum Gasteiger partial charge on any atom is -0.382 e. The smallest absolute Gasteiger partial charge is 0.161 e. The van der Waals surface area contributed by atoms with Gasteiger partial charge in [-0.2, -0.15) is 0 Å². The second kappa shape index (κ2) is 6.72. The molecule has 3 aromatic heterocycles. The van der Waals surface area contributed by atoms with Gasteiger partial charge < -0.3 is 14.4 Å². The van der Waals surface area contributed by atoms with Crippen LogP contribution in [-0.4, -0.2) is 36.2 Å². The predicted octanol–water partition coefficient (Wildman–Crippen LogP) is 3.24. The van der Waals surface area contributed by atoms with E-state index in [1.807, 2.05) is 30.3 Å². The Morgan fingerprint density at radius 2 is 1.79 bits per heavy atom. The molecule has 7 heteroatoms. The van der Waals surface area contributed by atoms with E-state index in [0.717, 1.165) is 33.8 Å². The van der Waals surface area contributed by atoms with Crippen LogP contribution in [0.1, 0.15) is 37.1 Å². The Balaban J connectivity index is 1.61. The molecule has 0 saturated carbocycles. The molecule has 5 rings (SSSR count). The minimum absolute atomic E-state index is 0.0292. The number of pyridine rings is 1. The highest BCUT2D eigenvalue weighted by molar-refractivity contribution is 5.76. The molecule has 4 heterocycles. The average molecular weight is 387 g/mol. The first-order valence-corrected chi connectivity index (χ1v) is 9.56. The molecule has 0 spiro atoms. The first-order chi connectivity index (χ1) is 14.0. The lowest BCUT2D eigenvalue weighted by Gasteiger charge is -2.26. The van der Waals surface area contributed by atoms with E-state index < -0.39 is 5.60 Å². The Morgan fingerprint density at radius 3 is 2.52 bits per heavy atom. The first kappa shape index (κ1) is 17.9. The van der Waals surface area contributed by atoms with Crippen LogP contribution < -0.4 is 0 Å². The van der Waals surface area contributed by atoms with Crippen molar-refractivity contribution in [1.29, 1.82) is 0 Å². The summed E-state index contributed by atoms with van der Waals surface area (Å²) in [7, 11) is 0. The van der Waals surface area contributed by atoms with Crippen molar-refractivity contribution in [2.45, 2.75) is 32.1 Å². The molecule has 0 aliphatic carbocycles. The number of aromatic nitrogens is 5. The average Bonchev–Trinajstić information content (AvgIpc) is 3.12. The minimum atomic E-state index is -1.08. The van der Waals surface area contributed by atoms with Crippen LogP contribution in [0, 0.1) is 0 Å². The molecule has 7 nitrogen and oxygen atoms in total. The van der Waals surface area contributed by atoms with Crippen LogP contribution in [-0.2, 0) is 16.9 Å². The van der Waals surface area contributed by atoms with Crippen LogP contribution in [0.3, 0.4) is 0 Å². The zero-order valence-electron chi connectivity index (χ0n) is 16.3. The van der Waals surface area contributed by atoms with Crippen LogP contribution in [0.4, 0.5) is 0 Å². The van der Waals surface area contributed by atoms with Crippen molar-refractivity contribution in [3.8, 4) is 11.3 Å². The summed E-state index contributed by atoms with van der Waals surface area (Å²) in [5, 5.41) is 10.1. The van der Waals surface area contributed by atoms with E-state index in [1.54, 1.807) is 26.2 Å². The molecule has 0 saturated heterocycles. The third-order valence-electron chi connectivity index (χ3n) is 5.11. The second-order valence-corrected chi connectivity index (χ2v) is 7.73. The van der Waals surface area contributed by atoms with Gasteiger partial charge in [0.2, 0.25) is 0 Å². The molecule has 0 amide bonds. The molecule has 146 valence electrons. The zero-order valence-corrected chi connectivity index (χ0v) is 16.3. The lowest BCUT2D eigenvalue weighted by Crippen LogP contribution is -2.25. The van der Waals surface area contributed by atoms with Crippen molar-refractivity contribution < 1.29 is 9.84 Å². The van der Waals surface area contributed by atoms with E-state index in [4.69, 9.17) is 14.7 Å². The fourth-order valence-electron chi connectivity index (χ4n) is 3.64. The Labute approximate surface area is 168 Å². The molecular weight excluding hydrogens is 366 g/mol. The number of nitrogens with zero attached hydrogens (tertiary/aromatic N) is 5. The molecular formula is C22H21N5O2. The highest BCUT2D eigenvalue weighted by atomic mass is 16.5. The maximum absolute atomic E-state index is 10.1. The van der Waals surface area contributed by atoms with Gasteiger partial charge in [0.05, 0.1) is 18.3 Å². The van der Waals surface area contributed by atoms with Gasteiger partial charge in [0.15, 0.2) is 11.5 Å². The molecule has 1 N–H and O–H groups in total. The van der Waals surface area contributed by atoms with E-state index in [-0.39, 0.29) is 6.04 Å². The van der Waals surface area contributed by atoms with E-state index in [2.05, 4.69) is 26.7 Å². The SMILES string of the molecule is CC(C)(O)c1ncc(-c2ccc3nc4n(c3n2)[C@@H](c2ccccc2)COC4)cn1. The lowest BCUT2D eigenvalue weighted by molar-refractivity contribution is 0.0677. The van der Waals surface area contributed by atoms with Crippen LogP contribution in [0.5, 0.6) is 0 Å². The Kier molecular flexibility index (Phi) is 4.15. The molecule has 29 heavy (non-hydrogen) atoms. The highest BCUT2D eigenvalue weighted by Crippen LogP contribution is 2.31. The second-order valence-electron chi connectivity index (χ2n) is 7.73. The fourth-order valence-corrected chi connectivity index (χ4v) is 3.64. The van der Waals surface area contributed by atoms with Crippen LogP contribution in [0.2, 0.25) is 0 Å². The maximum atomic E-state index is 10.1. The third-order valence-corrected chi connectivity index (χ3v) is 5.11. The summed E-state index contributed by atoms with van der Waals surface area (Å²) in [5.41, 5.74) is 3.30. The first-order valence-electron chi connectivity index (χ1n) is 9.56. The number of fused-ring (bicyclic) bond motifs is 3. The van der Waals surface area contributed by atoms with Crippen LogP contribution in [0.15, 0.2) is 54.9 Å². The van der Waals surface area contributed by atoms with E-state index in [9.17, 15) is 5.11 Å². The van der Waals surface area contributed by atoms with Crippen molar-refractivity contribution >= 4 is 11.2 Å². The Bertz CT molecular complexity index is 1160. The van der Waals surface area contributed by atoms with Gasteiger partial charge in [-0.05, 0) is 31.5 Å². The predicted molar refractivity (Wildman–Crippen MR) is 108 cm³/mol. The van der Waals surface area contributed by atoms with Gasteiger partial charge in [-0.25, -0.2) is 19.9 Å². The summed E-state index contributed by atoms with van der Waals surface area (Å²) in [5.74, 6) is 1.25. The molecule has 1 aliphatic rings. The van der Waals surface area contributed by atoms with E-state index >= 15 is 0 Å². The van der Waals surface area contributed by atoms with Gasteiger partial charge in [-0.15, -0.1) is 0 Å². The highest BCUT2D eigenvalue weighted by Gasteiger charge is 2.26.